The lowest BCUT2D eigenvalue weighted by Crippen LogP contribution is -2.38. The molecule has 2 aromatic heterocycles. The zero-order valence-electron chi connectivity index (χ0n) is 18.6. The Hall–Kier alpha value is -4.00. The second kappa shape index (κ2) is 9.24. The van der Waals surface area contributed by atoms with Crippen LogP contribution in [0.25, 0.3) is 16.9 Å². The molecule has 1 aliphatic rings. The SMILES string of the molecule is Cc1nccn1-c1cc(N2CCC(C(=O)Nc3ccccc3-c3ccccc3)CC2)ncn1. The van der Waals surface area contributed by atoms with E-state index in [1.807, 2.05) is 66.2 Å². The van der Waals surface area contributed by atoms with Crippen molar-refractivity contribution in [2.75, 3.05) is 23.3 Å². The molecule has 0 saturated carbocycles. The largest absolute Gasteiger partial charge is 0.356 e. The number of hydrogen-bond donors (Lipinski definition) is 1. The third kappa shape index (κ3) is 4.48. The summed E-state index contributed by atoms with van der Waals surface area (Å²) in [5.41, 5.74) is 2.98. The number of aryl methyl sites for hydroxylation is 1. The summed E-state index contributed by atoms with van der Waals surface area (Å²) in [6.45, 7) is 3.50. The van der Waals surface area contributed by atoms with Gasteiger partial charge in [-0.15, -0.1) is 0 Å². The summed E-state index contributed by atoms with van der Waals surface area (Å²) in [7, 11) is 0. The molecular formula is C26H26N6O. The van der Waals surface area contributed by atoms with E-state index in [2.05, 4.69) is 37.3 Å². The van der Waals surface area contributed by atoms with Crippen molar-refractivity contribution < 1.29 is 4.79 Å². The Labute approximate surface area is 193 Å². The first-order valence-electron chi connectivity index (χ1n) is 11.2. The summed E-state index contributed by atoms with van der Waals surface area (Å²) in [5, 5.41) is 3.17. The van der Waals surface area contributed by atoms with Gasteiger partial charge in [0.1, 0.15) is 23.8 Å². The average molecular weight is 439 g/mol. The molecule has 1 aliphatic heterocycles. The minimum Gasteiger partial charge on any atom is -0.356 e. The van der Waals surface area contributed by atoms with Crippen LogP contribution >= 0.6 is 0 Å². The number of para-hydroxylation sites is 1. The Bertz CT molecular complexity index is 1240. The molecule has 0 bridgehead atoms. The van der Waals surface area contributed by atoms with Crippen LogP contribution in [0.3, 0.4) is 0 Å². The van der Waals surface area contributed by atoms with Crippen molar-refractivity contribution >= 4 is 17.4 Å². The lowest BCUT2D eigenvalue weighted by molar-refractivity contribution is -0.120. The third-order valence-electron chi connectivity index (χ3n) is 6.17. The number of carbonyl (C=O) groups excluding carboxylic acids is 1. The van der Waals surface area contributed by atoms with Gasteiger partial charge in [0.25, 0.3) is 0 Å². The van der Waals surface area contributed by atoms with Crippen LogP contribution in [0.15, 0.2) is 79.4 Å². The van der Waals surface area contributed by atoms with E-state index < -0.39 is 0 Å². The highest BCUT2D eigenvalue weighted by molar-refractivity contribution is 5.96. The normalized spacial score (nSPS) is 14.3. The number of nitrogens with one attached hydrogen (secondary N) is 1. The lowest BCUT2D eigenvalue weighted by atomic mass is 9.95. The first kappa shape index (κ1) is 20.9. The molecule has 0 spiro atoms. The summed E-state index contributed by atoms with van der Waals surface area (Å²) < 4.78 is 1.94. The number of carbonyl (C=O) groups is 1. The molecule has 2 aromatic carbocycles. The average Bonchev–Trinajstić information content (AvgIpc) is 3.31. The van der Waals surface area contributed by atoms with Crippen LogP contribution < -0.4 is 10.2 Å². The highest BCUT2D eigenvalue weighted by atomic mass is 16.1. The van der Waals surface area contributed by atoms with Crippen LogP contribution in [0.5, 0.6) is 0 Å². The molecule has 7 nitrogen and oxygen atoms in total. The van der Waals surface area contributed by atoms with E-state index in [9.17, 15) is 4.79 Å². The summed E-state index contributed by atoms with van der Waals surface area (Å²) >= 11 is 0. The zero-order valence-corrected chi connectivity index (χ0v) is 18.6. The summed E-state index contributed by atoms with van der Waals surface area (Å²) in [4.78, 5) is 28.4. The molecule has 0 unspecified atom stereocenters. The maximum Gasteiger partial charge on any atom is 0.227 e. The van der Waals surface area contributed by atoms with Gasteiger partial charge < -0.3 is 10.2 Å². The maximum atomic E-state index is 13.1. The third-order valence-corrected chi connectivity index (χ3v) is 6.17. The van der Waals surface area contributed by atoms with Gasteiger partial charge in [0.2, 0.25) is 5.91 Å². The monoisotopic (exact) mass is 438 g/mol. The van der Waals surface area contributed by atoms with Crippen molar-refractivity contribution in [1.29, 1.82) is 0 Å². The highest BCUT2D eigenvalue weighted by Gasteiger charge is 2.26. The van der Waals surface area contributed by atoms with E-state index in [4.69, 9.17) is 0 Å². The number of imidazole rings is 1. The molecular weight excluding hydrogens is 412 g/mol. The second-order valence-electron chi connectivity index (χ2n) is 8.24. The molecule has 7 heteroatoms. The van der Waals surface area contributed by atoms with Crippen LogP contribution in [0.1, 0.15) is 18.7 Å². The number of benzene rings is 2. The predicted octanol–water partition coefficient (Wildman–Crippen LogP) is 4.49. The molecule has 1 amide bonds. The van der Waals surface area contributed by atoms with Gasteiger partial charge >= 0.3 is 0 Å². The zero-order chi connectivity index (χ0) is 22.6. The van der Waals surface area contributed by atoms with E-state index in [0.29, 0.717) is 0 Å². The van der Waals surface area contributed by atoms with Crippen molar-refractivity contribution in [3.05, 3.63) is 85.2 Å². The van der Waals surface area contributed by atoms with Gasteiger partial charge in [0.05, 0.1) is 0 Å². The number of nitrogens with zero attached hydrogens (tertiary/aromatic N) is 5. The van der Waals surface area contributed by atoms with Crippen molar-refractivity contribution in [2.45, 2.75) is 19.8 Å². The molecule has 4 aromatic rings. The molecule has 0 radical (unpaired) electrons. The van der Waals surface area contributed by atoms with E-state index in [0.717, 1.165) is 60.2 Å². The minimum atomic E-state index is -0.0257. The van der Waals surface area contributed by atoms with Crippen molar-refractivity contribution in [2.24, 2.45) is 5.92 Å². The summed E-state index contributed by atoms with van der Waals surface area (Å²) in [6, 6.07) is 20.1. The van der Waals surface area contributed by atoms with Crippen molar-refractivity contribution in [3.8, 4) is 16.9 Å². The van der Waals surface area contributed by atoms with Gasteiger partial charge in [0.15, 0.2) is 0 Å². The quantitative estimate of drug-likeness (QED) is 0.497. The molecule has 5 rings (SSSR count). The van der Waals surface area contributed by atoms with Crippen molar-refractivity contribution in [1.82, 2.24) is 19.5 Å². The topological polar surface area (TPSA) is 75.9 Å². The van der Waals surface area contributed by atoms with Gasteiger partial charge in [-0.1, -0.05) is 48.5 Å². The van der Waals surface area contributed by atoms with Crippen LogP contribution in [0, 0.1) is 12.8 Å². The molecule has 166 valence electrons. The number of hydrogen-bond acceptors (Lipinski definition) is 5. The van der Waals surface area contributed by atoms with Gasteiger partial charge in [-0.3, -0.25) is 9.36 Å². The van der Waals surface area contributed by atoms with Crippen LogP contribution in [-0.2, 0) is 4.79 Å². The molecule has 1 saturated heterocycles. The first-order chi connectivity index (χ1) is 16.2. The Kier molecular flexibility index (Phi) is 5.85. The van der Waals surface area contributed by atoms with Crippen LogP contribution in [-0.4, -0.2) is 38.5 Å². The predicted molar refractivity (Wildman–Crippen MR) is 129 cm³/mol. The Morgan fingerprint density at radius 2 is 1.67 bits per heavy atom. The van der Waals surface area contributed by atoms with E-state index in [-0.39, 0.29) is 11.8 Å². The highest BCUT2D eigenvalue weighted by Crippen LogP contribution is 2.29. The fourth-order valence-corrected chi connectivity index (χ4v) is 4.33. The van der Waals surface area contributed by atoms with Crippen molar-refractivity contribution in [3.63, 3.8) is 0 Å². The molecule has 1 N–H and O–H groups in total. The van der Waals surface area contributed by atoms with Crippen LogP contribution in [0.4, 0.5) is 11.5 Å². The van der Waals surface area contributed by atoms with E-state index >= 15 is 0 Å². The van der Waals surface area contributed by atoms with Gasteiger partial charge in [-0.25, -0.2) is 15.0 Å². The standard InChI is InChI=1S/C26H26N6O/c1-19-27-13-16-32(19)25-17-24(28-18-29-25)31-14-11-21(12-15-31)26(33)30-23-10-6-5-9-22(23)20-7-3-2-4-8-20/h2-10,13,16-18,21H,11-12,14-15H2,1H3,(H,30,33). The number of rotatable bonds is 5. The molecule has 0 aliphatic carbocycles. The van der Waals surface area contributed by atoms with E-state index in [1.54, 1.807) is 12.5 Å². The maximum absolute atomic E-state index is 13.1. The summed E-state index contributed by atoms with van der Waals surface area (Å²) in [6.07, 6.45) is 6.80. The molecule has 33 heavy (non-hydrogen) atoms. The summed E-state index contributed by atoms with van der Waals surface area (Å²) in [5.74, 6) is 2.61. The minimum absolute atomic E-state index is 0.0257. The Morgan fingerprint density at radius 1 is 0.939 bits per heavy atom. The first-order valence-corrected chi connectivity index (χ1v) is 11.2. The molecule has 0 atom stereocenters. The fourth-order valence-electron chi connectivity index (χ4n) is 4.33. The number of anilines is 2. The second-order valence-corrected chi connectivity index (χ2v) is 8.24. The Morgan fingerprint density at radius 3 is 2.42 bits per heavy atom. The number of amides is 1. The number of piperidine rings is 1. The fraction of sp³-hybridized carbons (Fsp3) is 0.231. The molecule has 1 fully saturated rings. The van der Waals surface area contributed by atoms with Gasteiger partial charge in [-0.05, 0) is 31.4 Å². The number of aromatic nitrogens is 4. The Balaban J connectivity index is 1.25. The van der Waals surface area contributed by atoms with Gasteiger partial charge in [0, 0.05) is 48.7 Å². The lowest BCUT2D eigenvalue weighted by Gasteiger charge is -2.32. The van der Waals surface area contributed by atoms with Crippen LogP contribution in [0.2, 0.25) is 0 Å². The van der Waals surface area contributed by atoms with E-state index in [1.165, 1.54) is 0 Å². The molecule has 3 heterocycles. The van der Waals surface area contributed by atoms with Gasteiger partial charge in [-0.2, -0.15) is 0 Å². The smallest absolute Gasteiger partial charge is 0.227 e.